The van der Waals surface area contributed by atoms with Gasteiger partial charge in [-0.2, -0.15) is 0 Å². The summed E-state index contributed by atoms with van der Waals surface area (Å²) in [6, 6.07) is 21.8. The van der Waals surface area contributed by atoms with Gasteiger partial charge in [-0.05, 0) is 36.3 Å². The van der Waals surface area contributed by atoms with Gasteiger partial charge in [-0.15, -0.1) is 0 Å². The van der Waals surface area contributed by atoms with Crippen LogP contribution >= 0.6 is 0 Å². The van der Waals surface area contributed by atoms with E-state index in [0.717, 1.165) is 6.42 Å². The van der Waals surface area contributed by atoms with Gasteiger partial charge in [-0.3, -0.25) is 0 Å². The van der Waals surface area contributed by atoms with E-state index in [0.29, 0.717) is 12.0 Å². The van der Waals surface area contributed by atoms with Crippen LogP contribution in [-0.2, 0) is 6.42 Å². The smallest absolute Gasteiger partial charge is 0.0587 e. The summed E-state index contributed by atoms with van der Waals surface area (Å²) in [6.07, 6.45) is 3.24. The third kappa shape index (κ3) is 3.72. The molecular weight excluding hydrogens is 258 g/mol. The second-order valence-electron chi connectivity index (χ2n) is 6.01. The highest BCUT2D eigenvalue weighted by atomic mass is 16.3. The molecule has 0 saturated heterocycles. The summed E-state index contributed by atoms with van der Waals surface area (Å²) in [6.45, 7) is 0.196. The number of hydrogen-bond donors (Lipinski definition) is 2. The van der Waals surface area contributed by atoms with Crippen molar-refractivity contribution in [3.63, 3.8) is 0 Å². The van der Waals surface area contributed by atoms with Crippen molar-refractivity contribution in [2.24, 2.45) is 0 Å². The highest BCUT2D eigenvalue weighted by molar-refractivity contribution is 5.23. The Kier molecular flexibility index (Phi) is 4.69. The van der Waals surface area contributed by atoms with Crippen LogP contribution in [0, 0.1) is 0 Å². The number of benzene rings is 2. The van der Waals surface area contributed by atoms with E-state index in [1.807, 2.05) is 6.07 Å². The van der Waals surface area contributed by atoms with Gasteiger partial charge in [-0.25, -0.2) is 0 Å². The molecule has 1 aliphatic rings. The fraction of sp³-hybridized carbons (Fsp3) is 0.368. The Labute approximate surface area is 126 Å². The monoisotopic (exact) mass is 281 g/mol. The molecule has 1 aliphatic carbocycles. The summed E-state index contributed by atoms with van der Waals surface area (Å²) < 4.78 is 0. The summed E-state index contributed by atoms with van der Waals surface area (Å²) in [7, 11) is 0. The van der Waals surface area contributed by atoms with Gasteiger partial charge in [0.2, 0.25) is 0 Å². The van der Waals surface area contributed by atoms with E-state index >= 15 is 0 Å². The number of hydrogen-bond acceptors (Lipinski definition) is 2. The predicted molar refractivity (Wildman–Crippen MR) is 86.4 cm³/mol. The van der Waals surface area contributed by atoms with Crippen molar-refractivity contribution in [3.05, 3.63) is 71.8 Å². The SMILES string of the molecule is OCC(Cc1ccccc1)NC1CC(c2ccccc2)C1. The van der Waals surface area contributed by atoms with Gasteiger partial charge in [0.15, 0.2) is 0 Å². The Morgan fingerprint density at radius 1 is 0.952 bits per heavy atom. The van der Waals surface area contributed by atoms with Crippen molar-refractivity contribution >= 4 is 0 Å². The molecule has 0 heterocycles. The van der Waals surface area contributed by atoms with E-state index in [9.17, 15) is 5.11 Å². The standard InChI is InChI=1S/C19H23NO/c21-14-19(11-15-7-3-1-4-8-15)20-18-12-17(13-18)16-9-5-2-6-10-16/h1-10,17-21H,11-14H2. The van der Waals surface area contributed by atoms with Crippen molar-refractivity contribution in [3.8, 4) is 0 Å². The molecule has 21 heavy (non-hydrogen) atoms. The maximum absolute atomic E-state index is 9.58. The topological polar surface area (TPSA) is 32.3 Å². The number of rotatable bonds is 6. The van der Waals surface area contributed by atoms with E-state index in [4.69, 9.17) is 0 Å². The van der Waals surface area contributed by atoms with Crippen molar-refractivity contribution in [2.45, 2.75) is 37.3 Å². The van der Waals surface area contributed by atoms with Crippen LogP contribution in [0.15, 0.2) is 60.7 Å². The van der Waals surface area contributed by atoms with Crippen LogP contribution in [0.2, 0.25) is 0 Å². The minimum absolute atomic E-state index is 0.161. The average molecular weight is 281 g/mol. The van der Waals surface area contributed by atoms with Gasteiger partial charge in [0.05, 0.1) is 6.61 Å². The van der Waals surface area contributed by atoms with Crippen molar-refractivity contribution in [1.82, 2.24) is 5.32 Å². The lowest BCUT2D eigenvalue weighted by molar-refractivity contribution is 0.195. The van der Waals surface area contributed by atoms with Crippen molar-refractivity contribution in [2.75, 3.05) is 6.61 Å². The zero-order valence-corrected chi connectivity index (χ0v) is 12.3. The molecule has 1 atom stereocenters. The average Bonchev–Trinajstić information content (AvgIpc) is 2.51. The molecule has 2 aromatic carbocycles. The Balaban J connectivity index is 1.48. The Morgan fingerprint density at radius 2 is 1.57 bits per heavy atom. The molecular formula is C19H23NO. The first-order valence-corrected chi connectivity index (χ1v) is 7.81. The lowest BCUT2D eigenvalue weighted by Gasteiger charge is -2.38. The molecule has 0 radical (unpaired) electrons. The normalized spacial score (nSPS) is 22.5. The first-order chi connectivity index (χ1) is 10.3. The maximum atomic E-state index is 9.58. The van der Waals surface area contributed by atoms with Crippen LogP contribution in [0.4, 0.5) is 0 Å². The molecule has 1 unspecified atom stereocenters. The third-order valence-corrected chi connectivity index (χ3v) is 4.43. The summed E-state index contributed by atoms with van der Waals surface area (Å²) in [5.74, 6) is 0.680. The van der Waals surface area contributed by atoms with E-state index in [1.165, 1.54) is 24.0 Å². The fourth-order valence-electron chi connectivity index (χ4n) is 3.16. The molecule has 0 bridgehead atoms. The molecule has 0 amide bonds. The fourth-order valence-corrected chi connectivity index (χ4v) is 3.16. The van der Waals surface area contributed by atoms with E-state index in [2.05, 4.69) is 59.9 Å². The molecule has 2 aromatic rings. The van der Waals surface area contributed by atoms with E-state index in [-0.39, 0.29) is 12.6 Å². The molecule has 0 aliphatic heterocycles. The molecule has 1 fully saturated rings. The molecule has 2 nitrogen and oxygen atoms in total. The van der Waals surface area contributed by atoms with Gasteiger partial charge in [-0.1, -0.05) is 60.7 Å². The van der Waals surface area contributed by atoms with Gasteiger partial charge < -0.3 is 10.4 Å². The Morgan fingerprint density at radius 3 is 2.19 bits per heavy atom. The van der Waals surface area contributed by atoms with Crippen LogP contribution in [0.5, 0.6) is 0 Å². The molecule has 2 heteroatoms. The van der Waals surface area contributed by atoms with Crippen molar-refractivity contribution in [1.29, 1.82) is 0 Å². The van der Waals surface area contributed by atoms with Crippen molar-refractivity contribution < 1.29 is 5.11 Å². The van der Waals surface area contributed by atoms with Crippen LogP contribution in [0.3, 0.4) is 0 Å². The highest BCUT2D eigenvalue weighted by Gasteiger charge is 2.31. The lowest BCUT2D eigenvalue weighted by Crippen LogP contribution is -2.47. The second kappa shape index (κ2) is 6.88. The minimum Gasteiger partial charge on any atom is -0.395 e. The quantitative estimate of drug-likeness (QED) is 0.852. The predicted octanol–water partition coefficient (Wildman–Crippen LogP) is 3.13. The zero-order valence-electron chi connectivity index (χ0n) is 12.3. The number of nitrogens with one attached hydrogen (secondary N) is 1. The molecule has 110 valence electrons. The molecule has 2 N–H and O–H groups in total. The Bertz CT molecular complexity index is 534. The van der Waals surface area contributed by atoms with E-state index in [1.54, 1.807) is 0 Å². The highest BCUT2D eigenvalue weighted by Crippen LogP contribution is 2.36. The minimum atomic E-state index is 0.161. The lowest BCUT2D eigenvalue weighted by atomic mass is 9.75. The van der Waals surface area contributed by atoms with Crippen LogP contribution in [0.1, 0.15) is 29.9 Å². The first-order valence-electron chi connectivity index (χ1n) is 7.81. The largest absolute Gasteiger partial charge is 0.395 e. The summed E-state index contributed by atoms with van der Waals surface area (Å²) in [5.41, 5.74) is 2.72. The summed E-state index contributed by atoms with van der Waals surface area (Å²) >= 11 is 0. The van der Waals surface area contributed by atoms with E-state index < -0.39 is 0 Å². The maximum Gasteiger partial charge on any atom is 0.0587 e. The summed E-state index contributed by atoms with van der Waals surface area (Å²) in [4.78, 5) is 0. The zero-order chi connectivity index (χ0) is 14.5. The molecule has 0 aromatic heterocycles. The van der Waals surface area contributed by atoms with Gasteiger partial charge in [0, 0.05) is 12.1 Å². The third-order valence-electron chi connectivity index (χ3n) is 4.43. The number of aliphatic hydroxyl groups excluding tert-OH is 1. The van der Waals surface area contributed by atoms with Crippen LogP contribution in [0.25, 0.3) is 0 Å². The Hall–Kier alpha value is -1.64. The van der Waals surface area contributed by atoms with Gasteiger partial charge in [0.25, 0.3) is 0 Å². The van der Waals surface area contributed by atoms with Crippen LogP contribution in [-0.4, -0.2) is 23.8 Å². The van der Waals surface area contributed by atoms with Gasteiger partial charge in [0.1, 0.15) is 0 Å². The number of aliphatic hydroxyl groups is 1. The summed E-state index contributed by atoms with van der Waals surface area (Å²) in [5, 5.41) is 13.2. The molecule has 0 spiro atoms. The first kappa shape index (κ1) is 14.3. The molecule has 1 saturated carbocycles. The van der Waals surface area contributed by atoms with Crippen LogP contribution < -0.4 is 5.32 Å². The van der Waals surface area contributed by atoms with Gasteiger partial charge >= 0.3 is 0 Å². The molecule has 3 rings (SSSR count). The second-order valence-corrected chi connectivity index (χ2v) is 6.01.